The molecule has 0 aromatic carbocycles. The highest BCUT2D eigenvalue weighted by Crippen LogP contribution is 2.37. The Labute approximate surface area is 175 Å². The first kappa shape index (κ1) is 20.0. The second-order valence-corrected chi connectivity index (χ2v) is 7.49. The van der Waals surface area contributed by atoms with Crippen LogP contribution >= 0.6 is 0 Å². The van der Waals surface area contributed by atoms with Crippen molar-refractivity contribution in [2.45, 2.75) is 45.6 Å². The van der Waals surface area contributed by atoms with Gasteiger partial charge in [-0.05, 0) is 49.0 Å². The highest BCUT2D eigenvalue weighted by atomic mass is 16.5. The first-order chi connectivity index (χ1) is 14.6. The molecule has 8 nitrogen and oxygen atoms in total. The van der Waals surface area contributed by atoms with Crippen LogP contribution in [0.3, 0.4) is 0 Å². The van der Waals surface area contributed by atoms with Crippen LogP contribution in [-0.4, -0.2) is 44.6 Å². The van der Waals surface area contributed by atoms with E-state index >= 15 is 0 Å². The Bertz CT molecular complexity index is 1050. The number of ether oxygens (including phenoxy) is 1. The zero-order chi connectivity index (χ0) is 21.1. The molecule has 0 radical (unpaired) electrons. The Morgan fingerprint density at radius 2 is 2.17 bits per heavy atom. The fraction of sp³-hybridized carbons (Fsp3) is 0.409. The maximum atomic E-state index is 13.1. The predicted molar refractivity (Wildman–Crippen MR) is 110 cm³/mol. The van der Waals surface area contributed by atoms with E-state index in [-0.39, 0.29) is 11.9 Å². The van der Waals surface area contributed by atoms with Crippen LogP contribution in [0.15, 0.2) is 35.2 Å². The maximum Gasteiger partial charge on any atom is 0.254 e. The lowest BCUT2D eigenvalue weighted by molar-refractivity contribution is -0.132. The van der Waals surface area contributed by atoms with Crippen LogP contribution in [0.5, 0.6) is 5.88 Å². The molecular formula is C22H25N5O3. The standard InChI is InChI=1S/C22H25N5O3/c1-14-12-23-9-8-17(14)18-13-24-15(2)25-22(18)19-5-4-10-27(19)21(28)7-6-16-11-20(29-3)26-30-16/h8-9,11-13,19H,4-7,10H2,1-3H3/t19-/m0/s1. The summed E-state index contributed by atoms with van der Waals surface area (Å²) in [6.45, 7) is 4.63. The van der Waals surface area contributed by atoms with Gasteiger partial charge in [-0.3, -0.25) is 9.78 Å². The van der Waals surface area contributed by atoms with Gasteiger partial charge in [0, 0.05) is 49.6 Å². The summed E-state index contributed by atoms with van der Waals surface area (Å²) in [5.41, 5.74) is 3.98. The molecule has 0 saturated carbocycles. The quantitative estimate of drug-likeness (QED) is 0.618. The van der Waals surface area contributed by atoms with Gasteiger partial charge in [0.1, 0.15) is 11.6 Å². The molecule has 1 aliphatic rings. The van der Waals surface area contributed by atoms with Gasteiger partial charge in [-0.1, -0.05) is 0 Å². The molecule has 4 heterocycles. The van der Waals surface area contributed by atoms with Crippen molar-refractivity contribution in [2.24, 2.45) is 0 Å². The summed E-state index contributed by atoms with van der Waals surface area (Å²) >= 11 is 0. The molecule has 0 unspecified atom stereocenters. The summed E-state index contributed by atoms with van der Waals surface area (Å²) in [4.78, 5) is 28.4. The molecule has 1 aliphatic heterocycles. The van der Waals surface area contributed by atoms with Crippen LogP contribution in [0.25, 0.3) is 11.1 Å². The van der Waals surface area contributed by atoms with Crippen molar-refractivity contribution in [1.82, 2.24) is 25.0 Å². The van der Waals surface area contributed by atoms with E-state index in [1.54, 1.807) is 12.3 Å². The smallest absolute Gasteiger partial charge is 0.254 e. The number of likely N-dealkylation sites (tertiary alicyclic amines) is 1. The molecule has 0 spiro atoms. The molecule has 156 valence electrons. The van der Waals surface area contributed by atoms with Crippen LogP contribution in [-0.2, 0) is 11.2 Å². The minimum absolute atomic E-state index is 0.0639. The van der Waals surface area contributed by atoms with Gasteiger partial charge in [0.2, 0.25) is 5.91 Å². The number of hydrogen-bond acceptors (Lipinski definition) is 7. The van der Waals surface area contributed by atoms with Crippen LogP contribution < -0.4 is 4.74 Å². The summed E-state index contributed by atoms with van der Waals surface area (Å²) in [5, 5.41) is 3.79. The van der Waals surface area contributed by atoms with Crippen LogP contribution in [0.4, 0.5) is 0 Å². The van der Waals surface area contributed by atoms with Gasteiger partial charge in [0.15, 0.2) is 0 Å². The van der Waals surface area contributed by atoms with Gasteiger partial charge in [-0.15, -0.1) is 0 Å². The second-order valence-electron chi connectivity index (χ2n) is 7.49. The molecule has 8 heteroatoms. The molecule has 0 aliphatic carbocycles. The molecule has 1 amide bonds. The fourth-order valence-electron chi connectivity index (χ4n) is 3.96. The van der Waals surface area contributed by atoms with E-state index < -0.39 is 0 Å². The third-order valence-electron chi connectivity index (χ3n) is 5.47. The number of pyridine rings is 1. The van der Waals surface area contributed by atoms with E-state index in [9.17, 15) is 4.79 Å². The molecule has 30 heavy (non-hydrogen) atoms. The minimum atomic E-state index is -0.0639. The molecule has 0 N–H and O–H groups in total. The molecule has 1 atom stereocenters. The first-order valence-corrected chi connectivity index (χ1v) is 10.1. The van der Waals surface area contributed by atoms with Gasteiger partial charge < -0.3 is 14.2 Å². The molecule has 0 bridgehead atoms. The molecule has 3 aromatic rings. The van der Waals surface area contributed by atoms with E-state index in [0.29, 0.717) is 30.3 Å². The van der Waals surface area contributed by atoms with Gasteiger partial charge >= 0.3 is 0 Å². The second kappa shape index (κ2) is 8.61. The third kappa shape index (κ3) is 4.03. The Hall–Kier alpha value is -3.29. The largest absolute Gasteiger partial charge is 0.479 e. The number of rotatable bonds is 6. The minimum Gasteiger partial charge on any atom is -0.479 e. The number of carbonyl (C=O) groups is 1. The van der Waals surface area contributed by atoms with Crippen LogP contribution in [0, 0.1) is 13.8 Å². The average Bonchev–Trinajstić information content (AvgIpc) is 3.42. The zero-order valence-electron chi connectivity index (χ0n) is 17.5. The number of methoxy groups -OCH3 is 1. The zero-order valence-corrected chi connectivity index (χ0v) is 17.5. The summed E-state index contributed by atoms with van der Waals surface area (Å²) in [6, 6.07) is 3.63. The number of amides is 1. The lowest BCUT2D eigenvalue weighted by atomic mass is 9.97. The molecule has 4 rings (SSSR count). The molecular weight excluding hydrogens is 382 g/mol. The van der Waals surface area contributed by atoms with E-state index in [1.165, 1.54) is 7.11 Å². The van der Waals surface area contributed by atoms with Crippen molar-refractivity contribution >= 4 is 5.91 Å². The van der Waals surface area contributed by atoms with Crippen LogP contribution in [0.1, 0.15) is 48.1 Å². The van der Waals surface area contributed by atoms with Crippen molar-refractivity contribution in [3.05, 3.63) is 53.6 Å². The van der Waals surface area contributed by atoms with Gasteiger partial charge in [0.05, 0.1) is 18.8 Å². The van der Waals surface area contributed by atoms with Crippen molar-refractivity contribution < 1.29 is 14.1 Å². The van der Waals surface area contributed by atoms with E-state index in [1.807, 2.05) is 37.2 Å². The average molecular weight is 407 g/mol. The van der Waals surface area contributed by atoms with Crippen molar-refractivity contribution in [3.8, 4) is 17.0 Å². The van der Waals surface area contributed by atoms with Crippen molar-refractivity contribution in [2.75, 3.05) is 13.7 Å². The Morgan fingerprint density at radius 3 is 2.93 bits per heavy atom. The lowest BCUT2D eigenvalue weighted by Gasteiger charge is -2.26. The topological polar surface area (TPSA) is 94.2 Å². The Kier molecular flexibility index (Phi) is 5.74. The number of hydrogen-bond donors (Lipinski definition) is 0. The Balaban J connectivity index is 1.58. The lowest BCUT2D eigenvalue weighted by Crippen LogP contribution is -2.31. The van der Waals surface area contributed by atoms with Gasteiger partial charge in [-0.25, -0.2) is 9.97 Å². The summed E-state index contributed by atoms with van der Waals surface area (Å²) < 4.78 is 10.2. The summed E-state index contributed by atoms with van der Waals surface area (Å²) in [5.74, 6) is 1.85. The van der Waals surface area contributed by atoms with E-state index in [2.05, 4.69) is 15.1 Å². The number of aromatic nitrogens is 4. The third-order valence-corrected chi connectivity index (χ3v) is 5.47. The van der Waals surface area contributed by atoms with Crippen molar-refractivity contribution in [3.63, 3.8) is 0 Å². The monoisotopic (exact) mass is 407 g/mol. The predicted octanol–water partition coefficient (Wildman–Crippen LogP) is 3.45. The molecule has 3 aromatic heterocycles. The number of aryl methyl sites for hydroxylation is 3. The summed E-state index contributed by atoms with van der Waals surface area (Å²) in [7, 11) is 1.54. The fourth-order valence-corrected chi connectivity index (χ4v) is 3.96. The summed E-state index contributed by atoms with van der Waals surface area (Å²) in [6.07, 6.45) is 8.14. The Morgan fingerprint density at radius 1 is 1.30 bits per heavy atom. The molecule has 1 saturated heterocycles. The SMILES string of the molecule is COc1cc(CCC(=O)N2CCC[C@H]2c2nc(C)ncc2-c2ccncc2C)on1. The van der Waals surface area contributed by atoms with Gasteiger partial charge in [0.25, 0.3) is 5.88 Å². The van der Waals surface area contributed by atoms with E-state index in [4.69, 9.17) is 14.2 Å². The van der Waals surface area contributed by atoms with Crippen LogP contribution in [0.2, 0.25) is 0 Å². The first-order valence-electron chi connectivity index (χ1n) is 10.1. The number of nitrogens with zero attached hydrogens (tertiary/aromatic N) is 5. The normalized spacial score (nSPS) is 16.1. The number of carbonyl (C=O) groups excluding carboxylic acids is 1. The highest BCUT2D eigenvalue weighted by Gasteiger charge is 2.33. The van der Waals surface area contributed by atoms with Gasteiger partial charge in [-0.2, -0.15) is 0 Å². The van der Waals surface area contributed by atoms with Crippen molar-refractivity contribution in [1.29, 1.82) is 0 Å². The highest BCUT2D eigenvalue weighted by molar-refractivity contribution is 5.78. The molecule has 1 fully saturated rings. The van der Waals surface area contributed by atoms with E-state index in [0.717, 1.165) is 41.8 Å². The maximum absolute atomic E-state index is 13.1.